The molecule has 0 saturated heterocycles. The van der Waals surface area contributed by atoms with Gasteiger partial charge >= 0.3 is 0 Å². The third-order valence-electron chi connectivity index (χ3n) is 1.73. The molecule has 0 aromatic carbocycles. The molecular formula is C9H12FN3. The van der Waals surface area contributed by atoms with E-state index in [0.29, 0.717) is 0 Å². The predicted octanol–water partition coefficient (Wildman–Crippen LogP) is 1.52. The molecule has 0 saturated carbocycles. The summed E-state index contributed by atoms with van der Waals surface area (Å²) in [5.41, 5.74) is 6.37. The topological polar surface area (TPSA) is 41.6 Å². The molecule has 70 valence electrons. The zero-order valence-electron chi connectivity index (χ0n) is 7.50. The minimum atomic E-state index is -0.300. The first-order chi connectivity index (χ1) is 6.13. The monoisotopic (exact) mass is 181 g/mol. The van der Waals surface area contributed by atoms with Crippen molar-refractivity contribution in [3.63, 3.8) is 0 Å². The standard InChI is InChI=1S/C9H12FN3/c1-12-13(2)6-7-3-4-9(11)8(10)5-7/h3-4,6H,1,5,11H2,2H3/b7-6-. The van der Waals surface area contributed by atoms with Crippen molar-refractivity contribution in [2.75, 3.05) is 7.05 Å². The van der Waals surface area contributed by atoms with E-state index in [-0.39, 0.29) is 17.9 Å². The average Bonchev–Trinajstić information content (AvgIpc) is 2.11. The molecule has 0 radical (unpaired) electrons. The lowest BCUT2D eigenvalue weighted by Gasteiger charge is -2.11. The SMILES string of the molecule is C=NN(C)/C=C1/C=CC(N)=C(F)C1. The van der Waals surface area contributed by atoms with Crippen molar-refractivity contribution >= 4 is 6.72 Å². The van der Waals surface area contributed by atoms with Gasteiger partial charge in [-0.05, 0) is 11.6 Å². The zero-order valence-corrected chi connectivity index (χ0v) is 7.50. The van der Waals surface area contributed by atoms with Crippen molar-refractivity contribution in [3.05, 3.63) is 35.4 Å². The summed E-state index contributed by atoms with van der Waals surface area (Å²) in [4.78, 5) is 0. The second-order valence-corrected chi connectivity index (χ2v) is 2.79. The number of halogens is 1. The first-order valence-corrected chi connectivity index (χ1v) is 3.86. The van der Waals surface area contributed by atoms with Gasteiger partial charge in [-0.3, -0.25) is 5.01 Å². The molecule has 0 bridgehead atoms. The van der Waals surface area contributed by atoms with Crippen molar-refractivity contribution < 1.29 is 4.39 Å². The van der Waals surface area contributed by atoms with Gasteiger partial charge in [-0.2, -0.15) is 5.10 Å². The maximum Gasteiger partial charge on any atom is 0.127 e. The van der Waals surface area contributed by atoms with Crippen molar-refractivity contribution in [3.8, 4) is 0 Å². The highest BCUT2D eigenvalue weighted by Gasteiger charge is 2.08. The molecule has 2 N–H and O–H groups in total. The second-order valence-electron chi connectivity index (χ2n) is 2.79. The van der Waals surface area contributed by atoms with Crippen LogP contribution in [0, 0.1) is 0 Å². The fourth-order valence-corrected chi connectivity index (χ4v) is 0.997. The van der Waals surface area contributed by atoms with Gasteiger partial charge in [-0.25, -0.2) is 4.39 Å². The second kappa shape index (κ2) is 3.89. The molecule has 1 aliphatic rings. The Kier molecular flexibility index (Phi) is 2.84. The lowest BCUT2D eigenvalue weighted by Crippen LogP contribution is -2.05. The van der Waals surface area contributed by atoms with Gasteiger partial charge in [0.2, 0.25) is 0 Å². The van der Waals surface area contributed by atoms with Crippen molar-refractivity contribution in [1.29, 1.82) is 0 Å². The molecule has 0 heterocycles. The maximum absolute atomic E-state index is 13.0. The summed E-state index contributed by atoms with van der Waals surface area (Å²) in [7, 11) is 1.73. The van der Waals surface area contributed by atoms with E-state index in [1.54, 1.807) is 25.4 Å². The van der Waals surface area contributed by atoms with E-state index in [2.05, 4.69) is 11.8 Å². The largest absolute Gasteiger partial charge is 0.397 e. The van der Waals surface area contributed by atoms with E-state index >= 15 is 0 Å². The van der Waals surface area contributed by atoms with E-state index in [0.717, 1.165) is 5.57 Å². The van der Waals surface area contributed by atoms with Crippen LogP contribution in [0.15, 0.2) is 40.6 Å². The molecule has 0 aromatic rings. The minimum absolute atomic E-state index is 0.200. The van der Waals surface area contributed by atoms with Crippen LogP contribution < -0.4 is 5.73 Å². The Hall–Kier alpha value is -1.58. The van der Waals surface area contributed by atoms with Crippen molar-refractivity contribution in [1.82, 2.24) is 5.01 Å². The van der Waals surface area contributed by atoms with E-state index in [1.165, 1.54) is 5.01 Å². The molecule has 3 nitrogen and oxygen atoms in total. The Balaban J connectivity index is 2.75. The van der Waals surface area contributed by atoms with Crippen LogP contribution >= 0.6 is 0 Å². The van der Waals surface area contributed by atoms with Gasteiger partial charge in [0.1, 0.15) is 5.83 Å². The highest BCUT2D eigenvalue weighted by Crippen LogP contribution is 2.21. The summed E-state index contributed by atoms with van der Waals surface area (Å²) >= 11 is 0. The summed E-state index contributed by atoms with van der Waals surface area (Å²) in [6, 6.07) is 0. The molecule has 4 heteroatoms. The Morgan fingerprint density at radius 2 is 2.38 bits per heavy atom. The Morgan fingerprint density at radius 1 is 1.69 bits per heavy atom. The lowest BCUT2D eigenvalue weighted by molar-refractivity contribution is 0.488. The number of rotatable bonds is 2. The van der Waals surface area contributed by atoms with Gasteiger partial charge in [-0.15, -0.1) is 0 Å². The minimum Gasteiger partial charge on any atom is -0.397 e. The molecule has 1 rings (SSSR count). The van der Waals surface area contributed by atoms with Crippen LogP contribution in [0.1, 0.15) is 6.42 Å². The predicted molar refractivity (Wildman–Crippen MR) is 51.5 cm³/mol. The van der Waals surface area contributed by atoms with E-state index < -0.39 is 0 Å². The number of allylic oxidation sites excluding steroid dienone is 4. The Labute approximate surface area is 76.7 Å². The molecule has 0 atom stereocenters. The maximum atomic E-state index is 13.0. The first kappa shape index (κ1) is 9.51. The zero-order chi connectivity index (χ0) is 9.84. The molecular weight excluding hydrogens is 169 g/mol. The normalized spacial score (nSPS) is 19.4. The van der Waals surface area contributed by atoms with Crippen LogP contribution in [0.4, 0.5) is 4.39 Å². The summed E-state index contributed by atoms with van der Waals surface area (Å²) in [5.74, 6) is -0.300. The third-order valence-corrected chi connectivity index (χ3v) is 1.73. The molecule has 1 aliphatic carbocycles. The summed E-state index contributed by atoms with van der Waals surface area (Å²) in [5, 5.41) is 5.15. The van der Waals surface area contributed by atoms with E-state index in [4.69, 9.17) is 5.73 Å². The Morgan fingerprint density at radius 3 is 2.92 bits per heavy atom. The fourth-order valence-electron chi connectivity index (χ4n) is 0.997. The number of hydrazone groups is 1. The van der Waals surface area contributed by atoms with Crippen LogP contribution in [0.5, 0.6) is 0 Å². The van der Waals surface area contributed by atoms with Gasteiger partial charge in [0, 0.05) is 26.4 Å². The molecule has 0 aromatic heterocycles. The third kappa shape index (κ3) is 2.43. The fraction of sp³-hybridized carbons (Fsp3) is 0.222. The quantitative estimate of drug-likeness (QED) is 0.518. The van der Waals surface area contributed by atoms with Gasteiger partial charge in [0.05, 0.1) is 5.70 Å². The number of hydrogen-bond acceptors (Lipinski definition) is 3. The lowest BCUT2D eigenvalue weighted by atomic mass is 10.1. The average molecular weight is 181 g/mol. The number of hydrogen-bond donors (Lipinski definition) is 1. The van der Waals surface area contributed by atoms with Gasteiger partial charge in [0.15, 0.2) is 0 Å². The molecule has 0 spiro atoms. The van der Waals surface area contributed by atoms with Crippen LogP contribution in [0.3, 0.4) is 0 Å². The van der Waals surface area contributed by atoms with Crippen LogP contribution in [0.25, 0.3) is 0 Å². The van der Waals surface area contributed by atoms with Gasteiger partial charge in [0.25, 0.3) is 0 Å². The van der Waals surface area contributed by atoms with Crippen LogP contribution in [-0.2, 0) is 0 Å². The smallest absolute Gasteiger partial charge is 0.127 e. The molecule has 13 heavy (non-hydrogen) atoms. The van der Waals surface area contributed by atoms with Crippen LogP contribution in [0.2, 0.25) is 0 Å². The summed E-state index contributed by atoms with van der Waals surface area (Å²) in [6.45, 7) is 3.34. The van der Waals surface area contributed by atoms with E-state index in [9.17, 15) is 4.39 Å². The first-order valence-electron chi connectivity index (χ1n) is 3.86. The highest BCUT2D eigenvalue weighted by atomic mass is 19.1. The Bertz CT molecular complexity index is 302. The van der Waals surface area contributed by atoms with Gasteiger partial charge < -0.3 is 5.73 Å². The van der Waals surface area contributed by atoms with Crippen molar-refractivity contribution in [2.24, 2.45) is 10.8 Å². The summed E-state index contributed by atoms with van der Waals surface area (Å²) in [6.07, 6.45) is 5.24. The molecule has 0 aliphatic heterocycles. The van der Waals surface area contributed by atoms with Crippen LogP contribution in [-0.4, -0.2) is 18.8 Å². The highest BCUT2D eigenvalue weighted by molar-refractivity contribution is 5.36. The molecule has 0 fully saturated rings. The number of nitrogens with zero attached hydrogens (tertiary/aromatic N) is 2. The van der Waals surface area contributed by atoms with Crippen molar-refractivity contribution in [2.45, 2.75) is 6.42 Å². The molecule has 0 unspecified atom stereocenters. The number of nitrogens with two attached hydrogens (primary N) is 1. The molecule has 0 amide bonds. The summed E-state index contributed by atoms with van der Waals surface area (Å²) < 4.78 is 13.0. The van der Waals surface area contributed by atoms with E-state index in [1.807, 2.05) is 0 Å². The van der Waals surface area contributed by atoms with Gasteiger partial charge in [-0.1, -0.05) is 6.08 Å².